The van der Waals surface area contributed by atoms with Gasteiger partial charge in [0.2, 0.25) is 10.0 Å². The van der Waals surface area contributed by atoms with E-state index >= 15 is 0 Å². The van der Waals surface area contributed by atoms with E-state index in [9.17, 15) is 13.5 Å². The number of pyridine rings is 1. The standard InChI is InChI=1S/C14H15BrN2O3S/c15-12-7-14(9-16-8-12)21(19,20)17-13(10-18)6-11-4-2-1-3-5-11/h1-5,7-9,13,17-18H,6,10H2/t13-/m1/s1. The largest absolute Gasteiger partial charge is 0.395 e. The summed E-state index contributed by atoms with van der Waals surface area (Å²) in [4.78, 5) is 3.90. The molecular weight excluding hydrogens is 356 g/mol. The van der Waals surface area contributed by atoms with Crippen LogP contribution in [0.2, 0.25) is 0 Å². The predicted molar refractivity (Wildman–Crippen MR) is 83.3 cm³/mol. The van der Waals surface area contributed by atoms with Crippen molar-refractivity contribution in [3.63, 3.8) is 0 Å². The lowest BCUT2D eigenvalue weighted by Gasteiger charge is -2.16. The van der Waals surface area contributed by atoms with Crippen LogP contribution in [-0.4, -0.2) is 31.2 Å². The summed E-state index contributed by atoms with van der Waals surface area (Å²) in [6.45, 7) is -0.282. The maximum Gasteiger partial charge on any atom is 0.242 e. The fraction of sp³-hybridized carbons (Fsp3) is 0.214. The molecule has 1 heterocycles. The molecule has 0 bridgehead atoms. The lowest BCUT2D eigenvalue weighted by atomic mass is 10.1. The van der Waals surface area contributed by atoms with Crippen molar-refractivity contribution in [2.75, 3.05) is 6.61 Å². The molecule has 1 aromatic carbocycles. The second-order valence-electron chi connectivity index (χ2n) is 4.53. The van der Waals surface area contributed by atoms with E-state index in [4.69, 9.17) is 0 Å². The van der Waals surface area contributed by atoms with Gasteiger partial charge in [-0.05, 0) is 34.0 Å². The Kier molecular flexibility index (Phi) is 5.46. The lowest BCUT2D eigenvalue weighted by Crippen LogP contribution is -2.39. The molecule has 2 N–H and O–H groups in total. The number of nitrogens with zero attached hydrogens (tertiary/aromatic N) is 1. The minimum absolute atomic E-state index is 0.0587. The first-order valence-corrected chi connectivity index (χ1v) is 8.56. The van der Waals surface area contributed by atoms with E-state index in [1.165, 1.54) is 18.5 Å². The summed E-state index contributed by atoms with van der Waals surface area (Å²) in [5.74, 6) is 0. The molecule has 7 heteroatoms. The molecule has 1 atom stereocenters. The van der Waals surface area contributed by atoms with Gasteiger partial charge in [-0.1, -0.05) is 30.3 Å². The third-order valence-electron chi connectivity index (χ3n) is 2.86. The fourth-order valence-corrected chi connectivity index (χ4v) is 3.60. The summed E-state index contributed by atoms with van der Waals surface area (Å²) < 4.78 is 27.6. The van der Waals surface area contributed by atoms with Crippen molar-refractivity contribution in [1.82, 2.24) is 9.71 Å². The third-order valence-corrected chi connectivity index (χ3v) is 4.78. The van der Waals surface area contributed by atoms with Crippen LogP contribution in [0.25, 0.3) is 0 Å². The number of halogens is 1. The highest BCUT2D eigenvalue weighted by Gasteiger charge is 2.20. The molecule has 0 saturated heterocycles. The molecule has 0 fully saturated rings. The summed E-state index contributed by atoms with van der Waals surface area (Å²) >= 11 is 3.19. The van der Waals surface area contributed by atoms with Gasteiger partial charge in [-0.15, -0.1) is 0 Å². The number of rotatable bonds is 6. The SMILES string of the molecule is O=S(=O)(N[C@@H](CO)Cc1ccccc1)c1cncc(Br)c1. The monoisotopic (exact) mass is 370 g/mol. The average Bonchev–Trinajstić information content (AvgIpc) is 2.47. The zero-order valence-corrected chi connectivity index (χ0v) is 13.5. The number of nitrogens with one attached hydrogen (secondary N) is 1. The van der Waals surface area contributed by atoms with Crippen LogP contribution in [0.5, 0.6) is 0 Å². The smallest absolute Gasteiger partial charge is 0.242 e. The Labute approximate surface area is 132 Å². The zero-order chi connectivity index (χ0) is 15.3. The number of aliphatic hydroxyl groups excluding tert-OH is 1. The molecule has 0 unspecified atom stereocenters. The minimum atomic E-state index is -3.72. The van der Waals surface area contributed by atoms with Gasteiger partial charge in [0.15, 0.2) is 0 Å². The maximum absolute atomic E-state index is 12.3. The van der Waals surface area contributed by atoms with E-state index in [0.29, 0.717) is 10.9 Å². The van der Waals surface area contributed by atoms with Crippen LogP contribution in [0.4, 0.5) is 0 Å². The van der Waals surface area contributed by atoms with Crippen LogP contribution in [-0.2, 0) is 16.4 Å². The number of benzene rings is 1. The molecule has 0 saturated carbocycles. The molecule has 2 rings (SSSR count). The van der Waals surface area contributed by atoms with Crippen LogP contribution in [0.3, 0.4) is 0 Å². The van der Waals surface area contributed by atoms with Crippen LogP contribution in [0.1, 0.15) is 5.56 Å². The number of hydrogen-bond donors (Lipinski definition) is 2. The molecule has 0 spiro atoms. The number of aromatic nitrogens is 1. The number of hydrogen-bond acceptors (Lipinski definition) is 4. The second-order valence-corrected chi connectivity index (χ2v) is 7.16. The Bertz CT molecular complexity index is 692. The van der Waals surface area contributed by atoms with E-state index in [-0.39, 0.29) is 11.5 Å². The highest BCUT2D eigenvalue weighted by Crippen LogP contribution is 2.15. The Morgan fingerprint density at radius 3 is 2.57 bits per heavy atom. The predicted octanol–water partition coefficient (Wildman–Crippen LogP) is 1.73. The summed E-state index contributed by atoms with van der Waals surface area (Å²) in [5.41, 5.74) is 0.951. The molecule has 5 nitrogen and oxygen atoms in total. The molecule has 0 aliphatic carbocycles. The second kappa shape index (κ2) is 7.13. The molecule has 0 amide bonds. The first kappa shape index (κ1) is 16.1. The Morgan fingerprint density at radius 2 is 1.95 bits per heavy atom. The minimum Gasteiger partial charge on any atom is -0.395 e. The van der Waals surface area contributed by atoms with Crippen molar-refractivity contribution in [2.45, 2.75) is 17.4 Å². The molecule has 1 aromatic heterocycles. The molecular formula is C14H15BrN2O3S. The molecule has 0 aliphatic rings. The van der Waals surface area contributed by atoms with Gasteiger partial charge in [0, 0.05) is 22.9 Å². The highest BCUT2D eigenvalue weighted by atomic mass is 79.9. The average molecular weight is 371 g/mol. The van der Waals surface area contributed by atoms with Gasteiger partial charge in [-0.25, -0.2) is 13.1 Å². The Hall–Kier alpha value is -1.28. The van der Waals surface area contributed by atoms with Crippen molar-refractivity contribution in [2.24, 2.45) is 0 Å². The van der Waals surface area contributed by atoms with Crippen molar-refractivity contribution < 1.29 is 13.5 Å². The van der Waals surface area contributed by atoms with Crippen molar-refractivity contribution in [3.8, 4) is 0 Å². The lowest BCUT2D eigenvalue weighted by molar-refractivity contribution is 0.256. The Morgan fingerprint density at radius 1 is 1.24 bits per heavy atom. The van der Waals surface area contributed by atoms with Crippen LogP contribution in [0, 0.1) is 0 Å². The van der Waals surface area contributed by atoms with E-state index < -0.39 is 16.1 Å². The van der Waals surface area contributed by atoms with Gasteiger partial charge >= 0.3 is 0 Å². The normalized spacial score (nSPS) is 13.0. The fourth-order valence-electron chi connectivity index (χ4n) is 1.87. The van der Waals surface area contributed by atoms with E-state index in [2.05, 4.69) is 25.6 Å². The van der Waals surface area contributed by atoms with Gasteiger partial charge in [0.05, 0.1) is 6.61 Å². The van der Waals surface area contributed by atoms with E-state index in [1.807, 2.05) is 30.3 Å². The van der Waals surface area contributed by atoms with Gasteiger partial charge in [-0.3, -0.25) is 4.98 Å². The zero-order valence-electron chi connectivity index (χ0n) is 11.1. The third kappa shape index (κ3) is 4.60. The summed E-state index contributed by atoms with van der Waals surface area (Å²) in [5, 5.41) is 9.40. The first-order chi connectivity index (χ1) is 10.0. The number of aliphatic hydroxyl groups is 1. The maximum atomic E-state index is 12.3. The molecule has 2 aromatic rings. The molecule has 21 heavy (non-hydrogen) atoms. The van der Waals surface area contributed by atoms with Gasteiger partial charge in [-0.2, -0.15) is 0 Å². The van der Waals surface area contributed by atoms with Crippen LogP contribution < -0.4 is 4.72 Å². The van der Waals surface area contributed by atoms with E-state index in [1.54, 1.807) is 0 Å². The van der Waals surface area contributed by atoms with Crippen LogP contribution in [0.15, 0.2) is 58.2 Å². The van der Waals surface area contributed by atoms with Crippen molar-refractivity contribution >= 4 is 26.0 Å². The van der Waals surface area contributed by atoms with Crippen molar-refractivity contribution in [1.29, 1.82) is 0 Å². The molecule has 0 radical (unpaired) electrons. The summed E-state index contributed by atoms with van der Waals surface area (Å²) in [7, 11) is -3.72. The van der Waals surface area contributed by atoms with Gasteiger partial charge < -0.3 is 5.11 Å². The topological polar surface area (TPSA) is 79.3 Å². The molecule has 0 aliphatic heterocycles. The first-order valence-electron chi connectivity index (χ1n) is 6.29. The highest BCUT2D eigenvalue weighted by molar-refractivity contribution is 9.10. The Balaban J connectivity index is 2.14. The van der Waals surface area contributed by atoms with Crippen molar-refractivity contribution in [3.05, 3.63) is 58.8 Å². The number of sulfonamides is 1. The van der Waals surface area contributed by atoms with Gasteiger partial charge in [0.25, 0.3) is 0 Å². The molecule has 112 valence electrons. The quantitative estimate of drug-likeness (QED) is 0.811. The van der Waals surface area contributed by atoms with Crippen LogP contribution >= 0.6 is 15.9 Å². The van der Waals surface area contributed by atoms with E-state index in [0.717, 1.165) is 5.56 Å². The summed E-state index contributed by atoms with van der Waals surface area (Å²) in [6, 6.07) is 10.3. The summed E-state index contributed by atoms with van der Waals surface area (Å²) in [6.07, 6.45) is 3.19. The van der Waals surface area contributed by atoms with Gasteiger partial charge in [0.1, 0.15) is 4.90 Å².